The Labute approximate surface area is 135 Å². The number of carbonyl (C=O) groups excluding carboxylic acids is 1. The zero-order valence-corrected chi connectivity index (χ0v) is 13.7. The Hall–Kier alpha value is -2.38. The van der Waals surface area contributed by atoms with E-state index in [-0.39, 0.29) is 17.3 Å². The van der Waals surface area contributed by atoms with E-state index >= 15 is 0 Å². The molecule has 0 atom stereocenters. The van der Waals surface area contributed by atoms with Gasteiger partial charge in [-0.15, -0.1) is 0 Å². The van der Waals surface area contributed by atoms with Crippen LogP contribution in [0.25, 0.3) is 0 Å². The molecule has 2 aromatic rings. The summed E-state index contributed by atoms with van der Waals surface area (Å²) in [4.78, 5) is 12.3. The summed E-state index contributed by atoms with van der Waals surface area (Å²) in [5.41, 5.74) is 2.17. The summed E-state index contributed by atoms with van der Waals surface area (Å²) >= 11 is 0. The normalized spacial score (nSPS) is 11.1. The Morgan fingerprint density at radius 3 is 2.39 bits per heavy atom. The van der Waals surface area contributed by atoms with Crippen LogP contribution >= 0.6 is 0 Å². The number of amides is 1. The summed E-state index contributed by atoms with van der Waals surface area (Å²) in [6.07, 6.45) is 0. The summed E-state index contributed by atoms with van der Waals surface area (Å²) in [5, 5.41) is 7.82. The molecule has 0 fully saturated rings. The van der Waals surface area contributed by atoms with Gasteiger partial charge in [-0.05, 0) is 36.8 Å². The highest BCUT2D eigenvalue weighted by Gasteiger charge is 2.12. The van der Waals surface area contributed by atoms with Crippen molar-refractivity contribution in [2.24, 2.45) is 5.14 Å². The maximum absolute atomic E-state index is 12.3. The summed E-state index contributed by atoms with van der Waals surface area (Å²) < 4.78 is 27.6. The molecular formula is C16H18N2O4S. The molecule has 0 heterocycles. The lowest BCUT2D eigenvalue weighted by molar-refractivity contribution is 0.0947. The van der Waals surface area contributed by atoms with Crippen molar-refractivity contribution in [3.63, 3.8) is 0 Å². The fraction of sp³-hybridized carbons (Fsp3) is 0.188. The Bertz CT molecular complexity index is 814. The van der Waals surface area contributed by atoms with Gasteiger partial charge in [-0.3, -0.25) is 4.79 Å². The van der Waals surface area contributed by atoms with Gasteiger partial charge in [-0.2, -0.15) is 0 Å². The molecule has 0 aliphatic heterocycles. The number of primary sulfonamides is 1. The Balaban J connectivity index is 2.09. The Kier molecular flexibility index (Phi) is 5.02. The molecule has 0 unspecified atom stereocenters. The molecule has 0 saturated carbocycles. The molecular weight excluding hydrogens is 316 g/mol. The second-order valence-corrected chi connectivity index (χ2v) is 6.64. The quantitative estimate of drug-likeness (QED) is 0.867. The highest BCUT2D eigenvalue weighted by molar-refractivity contribution is 7.89. The predicted octanol–water partition coefficient (Wildman–Crippen LogP) is 1.58. The van der Waals surface area contributed by atoms with Gasteiger partial charge in [-0.25, -0.2) is 13.6 Å². The topological polar surface area (TPSA) is 98.5 Å². The van der Waals surface area contributed by atoms with Gasteiger partial charge in [0.1, 0.15) is 5.75 Å². The van der Waals surface area contributed by atoms with Crippen molar-refractivity contribution in [1.82, 2.24) is 5.32 Å². The molecule has 23 heavy (non-hydrogen) atoms. The second-order valence-electron chi connectivity index (χ2n) is 5.08. The first kappa shape index (κ1) is 17.0. The lowest BCUT2D eigenvalue weighted by atomic mass is 10.1. The van der Waals surface area contributed by atoms with E-state index in [2.05, 4.69) is 5.32 Å². The highest BCUT2D eigenvalue weighted by Crippen LogP contribution is 2.19. The van der Waals surface area contributed by atoms with Crippen LogP contribution in [0.2, 0.25) is 0 Å². The third-order valence-corrected chi connectivity index (χ3v) is 4.23. The van der Waals surface area contributed by atoms with Crippen molar-refractivity contribution in [2.45, 2.75) is 18.4 Å². The number of ether oxygens (including phenoxy) is 1. The van der Waals surface area contributed by atoms with Gasteiger partial charge in [0.25, 0.3) is 5.91 Å². The van der Waals surface area contributed by atoms with Crippen LogP contribution in [0.5, 0.6) is 5.75 Å². The molecule has 0 spiro atoms. The van der Waals surface area contributed by atoms with Crippen LogP contribution < -0.4 is 15.2 Å². The molecule has 0 aliphatic rings. The van der Waals surface area contributed by atoms with E-state index in [1.807, 2.05) is 13.0 Å². The minimum absolute atomic E-state index is 0.0351. The molecule has 2 rings (SSSR count). The van der Waals surface area contributed by atoms with E-state index in [0.717, 1.165) is 11.1 Å². The molecule has 0 saturated heterocycles. The molecule has 122 valence electrons. The maximum atomic E-state index is 12.3. The molecule has 0 aliphatic carbocycles. The van der Waals surface area contributed by atoms with Crippen LogP contribution in [0.4, 0.5) is 0 Å². The van der Waals surface area contributed by atoms with Crippen molar-refractivity contribution >= 4 is 15.9 Å². The number of aryl methyl sites for hydroxylation is 1. The standard InChI is InChI=1S/C16H18N2O4S/c1-11-3-8-15(22-2)14(9-11)16(19)18-10-12-4-6-13(7-5-12)23(17,20)21/h3-9H,10H2,1-2H3,(H,18,19)(H2,17,20,21). The molecule has 6 nitrogen and oxygen atoms in total. The number of benzene rings is 2. The van der Waals surface area contributed by atoms with Crippen LogP contribution in [0.3, 0.4) is 0 Å². The van der Waals surface area contributed by atoms with Crippen LogP contribution in [-0.4, -0.2) is 21.4 Å². The van der Waals surface area contributed by atoms with Crippen molar-refractivity contribution in [2.75, 3.05) is 7.11 Å². The molecule has 0 aromatic heterocycles. The fourth-order valence-corrected chi connectivity index (χ4v) is 2.59. The van der Waals surface area contributed by atoms with Gasteiger partial charge < -0.3 is 10.1 Å². The summed E-state index contributed by atoms with van der Waals surface area (Å²) in [7, 11) is -2.20. The van der Waals surface area contributed by atoms with Crippen LogP contribution in [0.15, 0.2) is 47.4 Å². The number of methoxy groups -OCH3 is 1. The van der Waals surface area contributed by atoms with E-state index in [1.165, 1.54) is 19.2 Å². The van der Waals surface area contributed by atoms with Crippen LogP contribution in [0.1, 0.15) is 21.5 Å². The lowest BCUT2D eigenvalue weighted by Crippen LogP contribution is -2.23. The average Bonchev–Trinajstić information content (AvgIpc) is 2.52. The Morgan fingerprint density at radius 1 is 1.17 bits per heavy atom. The molecule has 3 N–H and O–H groups in total. The summed E-state index contributed by atoms with van der Waals surface area (Å²) in [5.74, 6) is 0.235. The predicted molar refractivity (Wildman–Crippen MR) is 86.7 cm³/mol. The summed E-state index contributed by atoms with van der Waals surface area (Å²) in [6.45, 7) is 2.16. The highest BCUT2D eigenvalue weighted by atomic mass is 32.2. The van der Waals surface area contributed by atoms with Crippen molar-refractivity contribution in [3.8, 4) is 5.75 Å². The van der Waals surface area contributed by atoms with Gasteiger partial charge in [-0.1, -0.05) is 23.8 Å². The molecule has 2 aromatic carbocycles. The SMILES string of the molecule is COc1ccc(C)cc1C(=O)NCc1ccc(S(N)(=O)=O)cc1. The number of nitrogens with two attached hydrogens (primary N) is 1. The van der Waals surface area contributed by atoms with Gasteiger partial charge >= 0.3 is 0 Å². The minimum Gasteiger partial charge on any atom is -0.496 e. The lowest BCUT2D eigenvalue weighted by Gasteiger charge is -2.10. The van der Waals surface area contributed by atoms with Crippen molar-refractivity contribution in [3.05, 3.63) is 59.2 Å². The summed E-state index contributed by atoms with van der Waals surface area (Å²) in [6, 6.07) is 11.4. The first-order chi connectivity index (χ1) is 10.8. The number of carbonyl (C=O) groups is 1. The minimum atomic E-state index is -3.71. The van der Waals surface area contributed by atoms with E-state index in [4.69, 9.17) is 9.88 Å². The van der Waals surface area contributed by atoms with E-state index in [1.54, 1.807) is 24.3 Å². The number of hydrogen-bond donors (Lipinski definition) is 2. The second kappa shape index (κ2) is 6.80. The third kappa shape index (κ3) is 4.30. The first-order valence-electron chi connectivity index (χ1n) is 6.86. The average molecular weight is 334 g/mol. The molecule has 0 radical (unpaired) electrons. The van der Waals surface area contributed by atoms with Crippen LogP contribution in [0, 0.1) is 6.92 Å². The first-order valence-corrected chi connectivity index (χ1v) is 8.40. The zero-order chi connectivity index (χ0) is 17.0. The fourth-order valence-electron chi connectivity index (χ4n) is 2.07. The van der Waals surface area contributed by atoms with Gasteiger partial charge in [0.15, 0.2) is 0 Å². The van der Waals surface area contributed by atoms with E-state index < -0.39 is 10.0 Å². The molecule has 1 amide bonds. The van der Waals surface area contributed by atoms with Gasteiger partial charge in [0.2, 0.25) is 10.0 Å². The monoisotopic (exact) mass is 334 g/mol. The number of nitrogens with one attached hydrogen (secondary N) is 1. The van der Waals surface area contributed by atoms with Crippen molar-refractivity contribution < 1.29 is 17.9 Å². The smallest absolute Gasteiger partial charge is 0.255 e. The zero-order valence-electron chi connectivity index (χ0n) is 12.9. The van der Waals surface area contributed by atoms with E-state index in [9.17, 15) is 13.2 Å². The Morgan fingerprint density at radius 2 is 1.83 bits per heavy atom. The number of sulfonamides is 1. The molecule has 0 bridgehead atoms. The van der Waals surface area contributed by atoms with Gasteiger partial charge in [0.05, 0.1) is 17.6 Å². The largest absolute Gasteiger partial charge is 0.496 e. The number of hydrogen-bond acceptors (Lipinski definition) is 4. The number of rotatable bonds is 5. The maximum Gasteiger partial charge on any atom is 0.255 e. The van der Waals surface area contributed by atoms with Crippen molar-refractivity contribution in [1.29, 1.82) is 0 Å². The third-order valence-electron chi connectivity index (χ3n) is 3.30. The van der Waals surface area contributed by atoms with Crippen LogP contribution in [-0.2, 0) is 16.6 Å². The molecule has 7 heteroatoms. The van der Waals surface area contributed by atoms with Gasteiger partial charge in [0, 0.05) is 6.54 Å². The van der Waals surface area contributed by atoms with E-state index in [0.29, 0.717) is 11.3 Å².